The number of likely N-dealkylation sites (tertiary alicyclic amines) is 1. The van der Waals surface area contributed by atoms with Gasteiger partial charge in [0.05, 0.1) is 13.2 Å². The van der Waals surface area contributed by atoms with Gasteiger partial charge in [-0.25, -0.2) is 0 Å². The summed E-state index contributed by atoms with van der Waals surface area (Å²) in [5.74, 6) is 0.174. The number of carbonyl (C=O) groups excluding carboxylic acids is 3. The summed E-state index contributed by atoms with van der Waals surface area (Å²) in [6.45, 7) is 17.7. The van der Waals surface area contributed by atoms with Crippen LogP contribution >= 0.6 is 0 Å². The predicted molar refractivity (Wildman–Crippen MR) is 226 cm³/mol. The van der Waals surface area contributed by atoms with Gasteiger partial charge in [0.15, 0.2) is 0 Å². The molecule has 1 aliphatic heterocycles. The van der Waals surface area contributed by atoms with E-state index >= 15 is 0 Å². The molecule has 1 saturated heterocycles. The van der Waals surface area contributed by atoms with Crippen LogP contribution in [-0.2, 0) is 23.9 Å². The van der Waals surface area contributed by atoms with E-state index in [4.69, 9.17) is 9.47 Å². The van der Waals surface area contributed by atoms with Gasteiger partial charge in [0.2, 0.25) is 11.8 Å². The highest BCUT2D eigenvalue weighted by atomic mass is 16.5. The maximum absolute atomic E-state index is 13.1. The van der Waals surface area contributed by atoms with Gasteiger partial charge in [-0.2, -0.15) is 0 Å². The minimum atomic E-state index is -0.187. The molecule has 0 spiro atoms. The monoisotopic (exact) mass is 754 g/mol. The molecule has 1 N–H and O–H groups in total. The molecule has 53 heavy (non-hydrogen) atoms. The lowest BCUT2D eigenvalue weighted by Gasteiger charge is -2.29. The number of nitrogens with zero attached hydrogens (tertiary/aromatic N) is 2. The molecule has 316 valence electrons. The second kappa shape index (κ2) is 43.1. The van der Waals surface area contributed by atoms with E-state index in [1.54, 1.807) is 4.90 Å². The number of esters is 1. The van der Waals surface area contributed by atoms with Crippen molar-refractivity contribution in [3.63, 3.8) is 0 Å². The predicted octanol–water partition coefficient (Wildman–Crippen LogP) is 11.3. The van der Waals surface area contributed by atoms with Crippen molar-refractivity contribution in [3.8, 4) is 0 Å². The van der Waals surface area contributed by atoms with Crippen molar-refractivity contribution in [1.29, 1.82) is 0 Å². The standard InChI is InChI=1S/C40H77N3O5.C3H8.C2H6/c1-4-6-8-10-12-14-15-16-18-20-22-24-40(46)48-35-32-43(31-34-47-33-23-21-19-17-13-11-9-7-5-2)39(45)26-25-38(44)41-36-37-27-29-42(3)30-28-37;1-3-2;1-2/h37H,4-36H2,1-3H3,(H,41,44);3H2,1-2H3;1-2H3. The van der Waals surface area contributed by atoms with E-state index in [0.29, 0.717) is 45.2 Å². The zero-order valence-electron chi connectivity index (χ0n) is 36.6. The van der Waals surface area contributed by atoms with E-state index < -0.39 is 0 Å². The second-order valence-corrected chi connectivity index (χ2v) is 15.1. The van der Waals surface area contributed by atoms with E-state index in [2.05, 4.69) is 45.0 Å². The Morgan fingerprint density at radius 3 is 1.57 bits per heavy atom. The summed E-state index contributed by atoms with van der Waals surface area (Å²) in [5, 5.41) is 3.04. The molecule has 0 aromatic rings. The first-order valence-electron chi connectivity index (χ1n) is 22.8. The van der Waals surface area contributed by atoms with Gasteiger partial charge in [-0.1, -0.05) is 164 Å². The lowest BCUT2D eigenvalue weighted by Crippen LogP contribution is -2.39. The largest absolute Gasteiger partial charge is 0.464 e. The minimum absolute atomic E-state index is 0.0674. The molecule has 1 aliphatic rings. The molecule has 0 radical (unpaired) electrons. The Kier molecular flexibility index (Phi) is 43.4. The van der Waals surface area contributed by atoms with Crippen molar-refractivity contribution in [3.05, 3.63) is 0 Å². The van der Waals surface area contributed by atoms with E-state index in [1.807, 2.05) is 13.8 Å². The summed E-state index contributed by atoms with van der Waals surface area (Å²) in [6, 6.07) is 0. The van der Waals surface area contributed by atoms with E-state index in [9.17, 15) is 14.4 Å². The summed E-state index contributed by atoms with van der Waals surface area (Å²) in [7, 11) is 2.13. The maximum atomic E-state index is 13.1. The van der Waals surface area contributed by atoms with Gasteiger partial charge in [-0.05, 0) is 51.7 Å². The lowest BCUT2D eigenvalue weighted by molar-refractivity contribution is -0.146. The molecule has 1 heterocycles. The number of rotatable bonds is 33. The van der Waals surface area contributed by atoms with Gasteiger partial charge in [-0.15, -0.1) is 0 Å². The fraction of sp³-hybridized carbons (Fsp3) is 0.933. The van der Waals surface area contributed by atoms with Crippen molar-refractivity contribution in [2.75, 3.05) is 59.6 Å². The Labute approximate surface area is 330 Å². The number of piperidine rings is 1. The first-order valence-corrected chi connectivity index (χ1v) is 22.8. The average molecular weight is 754 g/mol. The fourth-order valence-corrected chi connectivity index (χ4v) is 6.42. The van der Waals surface area contributed by atoms with Crippen LogP contribution in [0.1, 0.15) is 208 Å². The molecule has 0 unspecified atom stereocenters. The normalized spacial score (nSPS) is 13.0. The highest BCUT2D eigenvalue weighted by Gasteiger charge is 2.19. The van der Waals surface area contributed by atoms with Crippen molar-refractivity contribution in [1.82, 2.24) is 15.1 Å². The number of ether oxygens (including phenoxy) is 2. The molecular weight excluding hydrogens is 663 g/mol. The number of hydrogen-bond acceptors (Lipinski definition) is 6. The number of hydrogen-bond donors (Lipinski definition) is 1. The quantitative estimate of drug-likeness (QED) is 0.0530. The Balaban J connectivity index is 0. The summed E-state index contributed by atoms with van der Waals surface area (Å²) in [4.78, 5) is 42.0. The van der Waals surface area contributed by atoms with Crippen LogP contribution in [0.3, 0.4) is 0 Å². The average Bonchev–Trinajstić information content (AvgIpc) is 3.16. The first kappa shape index (κ1) is 53.4. The Bertz CT molecular complexity index is 788. The number of amides is 2. The van der Waals surface area contributed by atoms with Gasteiger partial charge < -0.3 is 24.6 Å². The van der Waals surface area contributed by atoms with Crippen molar-refractivity contribution < 1.29 is 23.9 Å². The zero-order chi connectivity index (χ0) is 39.6. The van der Waals surface area contributed by atoms with Crippen molar-refractivity contribution in [2.24, 2.45) is 5.92 Å². The molecule has 0 aliphatic carbocycles. The van der Waals surface area contributed by atoms with E-state index in [0.717, 1.165) is 45.2 Å². The number of nitrogens with one attached hydrogen (secondary N) is 1. The van der Waals surface area contributed by atoms with Gasteiger partial charge in [0.1, 0.15) is 6.61 Å². The number of unbranched alkanes of at least 4 members (excludes halogenated alkanes) is 18. The van der Waals surface area contributed by atoms with Crippen LogP contribution in [0.4, 0.5) is 0 Å². The van der Waals surface area contributed by atoms with Crippen LogP contribution in [-0.4, -0.2) is 87.2 Å². The summed E-state index contributed by atoms with van der Waals surface area (Å²) < 4.78 is 11.4. The third-order valence-electron chi connectivity index (χ3n) is 9.85. The van der Waals surface area contributed by atoms with Gasteiger partial charge in [0, 0.05) is 39.0 Å². The van der Waals surface area contributed by atoms with E-state index in [1.165, 1.54) is 116 Å². The lowest BCUT2D eigenvalue weighted by atomic mass is 9.97. The SMILES string of the molecule is CC.CCC.CCCCCCCCCCCCCC(=O)OCCN(CCOCCCCCCCCCCC)C(=O)CCC(=O)NCC1CCN(C)CC1. The molecule has 0 atom stereocenters. The Morgan fingerprint density at radius 1 is 0.604 bits per heavy atom. The second-order valence-electron chi connectivity index (χ2n) is 15.1. The number of carbonyl (C=O) groups is 3. The van der Waals surface area contributed by atoms with Crippen LogP contribution < -0.4 is 5.32 Å². The molecule has 2 amide bonds. The Hall–Kier alpha value is -1.67. The van der Waals surface area contributed by atoms with E-state index in [-0.39, 0.29) is 37.2 Å². The van der Waals surface area contributed by atoms with Gasteiger partial charge in [0.25, 0.3) is 0 Å². The van der Waals surface area contributed by atoms with Crippen LogP contribution in [0, 0.1) is 5.92 Å². The first-order chi connectivity index (χ1) is 25.9. The fourth-order valence-electron chi connectivity index (χ4n) is 6.42. The summed E-state index contributed by atoms with van der Waals surface area (Å²) in [6.07, 6.45) is 29.4. The van der Waals surface area contributed by atoms with Crippen LogP contribution in [0.15, 0.2) is 0 Å². The molecule has 1 fully saturated rings. The zero-order valence-corrected chi connectivity index (χ0v) is 36.6. The van der Waals surface area contributed by atoms with Crippen LogP contribution in [0.5, 0.6) is 0 Å². The highest BCUT2D eigenvalue weighted by Crippen LogP contribution is 2.15. The highest BCUT2D eigenvalue weighted by molar-refractivity contribution is 5.83. The molecule has 8 heteroatoms. The molecule has 1 rings (SSSR count). The summed E-state index contributed by atoms with van der Waals surface area (Å²) in [5.41, 5.74) is 0. The third kappa shape index (κ3) is 38.4. The van der Waals surface area contributed by atoms with Crippen molar-refractivity contribution >= 4 is 17.8 Å². The molecule has 0 saturated carbocycles. The summed E-state index contributed by atoms with van der Waals surface area (Å²) >= 11 is 0. The van der Waals surface area contributed by atoms with Crippen LogP contribution in [0.2, 0.25) is 0 Å². The molecule has 0 bridgehead atoms. The maximum Gasteiger partial charge on any atom is 0.305 e. The molecular formula is C45H91N3O5. The molecule has 0 aromatic carbocycles. The van der Waals surface area contributed by atoms with Crippen molar-refractivity contribution in [2.45, 2.75) is 208 Å². The van der Waals surface area contributed by atoms with Gasteiger partial charge >= 0.3 is 5.97 Å². The molecule has 0 aromatic heterocycles. The van der Waals surface area contributed by atoms with Crippen LogP contribution in [0.25, 0.3) is 0 Å². The smallest absolute Gasteiger partial charge is 0.305 e. The minimum Gasteiger partial charge on any atom is -0.464 e. The topological polar surface area (TPSA) is 88.2 Å². The van der Waals surface area contributed by atoms with Gasteiger partial charge in [-0.3, -0.25) is 14.4 Å². The Morgan fingerprint density at radius 2 is 1.06 bits per heavy atom. The molecule has 8 nitrogen and oxygen atoms in total. The third-order valence-corrected chi connectivity index (χ3v) is 9.85.